The summed E-state index contributed by atoms with van der Waals surface area (Å²) in [6.07, 6.45) is 0. The molecule has 0 aliphatic rings. The molecule has 0 N–H and O–H groups in total. The minimum atomic E-state index is -0.454. The largest absolute Gasteiger partial charge is 0.425 e. The molecule has 1 heterocycles. The SMILES string of the molecule is Cc1ccc(OC(=O)Cn2c(=O)sc3ccccc32)cc1. The number of benzene rings is 2. The second-order valence-corrected chi connectivity index (χ2v) is 5.70. The number of nitrogens with zero attached hydrogens (tertiary/aromatic N) is 1. The Balaban J connectivity index is 1.82. The molecule has 0 atom stereocenters. The lowest BCUT2D eigenvalue weighted by Gasteiger charge is -2.05. The summed E-state index contributed by atoms with van der Waals surface area (Å²) >= 11 is 1.13. The van der Waals surface area contributed by atoms with Gasteiger partial charge in [0.25, 0.3) is 0 Å². The number of hydrogen-bond acceptors (Lipinski definition) is 4. The smallest absolute Gasteiger partial charge is 0.331 e. The van der Waals surface area contributed by atoms with Crippen molar-refractivity contribution in [3.05, 3.63) is 63.8 Å². The zero-order valence-corrected chi connectivity index (χ0v) is 12.2. The van der Waals surface area contributed by atoms with E-state index in [4.69, 9.17) is 4.74 Å². The maximum Gasteiger partial charge on any atom is 0.331 e. The van der Waals surface area contributed by atoms with E-state index < -0.39 is 5.97 Å². The zero-order valence-electron chi connectivity index (χ0n) is 11.4. The summed E-state index contributed by atoms with van der Waals surface area (Å²) in [5.74, 6) is 0.0303. The van der Waals surface area contributed by atoms with E-state index in [-0.39, 0.29) is 11.4 Å². The Morgan fingerprint density at radius 1 is 1.14 bits per heavy atom. The van der Waals surface area contributed by atoms with Crippen LogP contribution in [0.2, 0.25) is 0 Å². The quantitative estimate of drug-likeness (QED) is 0.552. The van der Waals surface area contributed by atoms with E-state index in [2.05, 4.69) is 0 Å². The molecule has 3 aromatic rings. The van der Waals surface area contributed by atoms with Crippen LogP contribution in [0, 0.1) is 6.92 Å². The molecule has 0 radical (unpaired) electrons. The van der Waals surface area contributed by atoms with Gasteiger partial charge in [0.2, 0.25) is 0 Å². The van der Waals surface area contributed by atoms with Crippen molar-refractivity contribution >= 4 is 27.5 Å². The van der Waals surface area contributed by atoms with Crippen molar-refractivity contribution < 1.29 is 9.53 Å². The highest BCUT2D eigenvalue weighted by Crippen LogP contribution is 2.17. The normalized spacial score (nSPS) is 10.7. The number of carbonyl (C=O) groups excluding carboxylic acids is 1. The Morgan fingerprint density at radius 3 is 2.62 bits per heavy atom. The summed E-state index contributed by atoms with van der Waals surface area (Å²) in [5.41, 5.74) is 1.85. The topological polar surface area (TPSA) is 48.3 Å². The van der Waals surface area contributed by atoms with Gasteiger partial charge in [0.05, 0.1) is 10.2 Å². The van der Waals surface area contributed by atoms with E-state index in [1.54, 1.807) is 12.1 Å². The van der Waals surface area contributed by atoms with Crippen molar-refractivity contribution in [3.63, 3.8) is 0 Å². The Labute approximate surface area is 125 Å². The Kier molecular flexibility index (Phi) is 3.58. The number of hydrogen-bond donors (Lipinski definition) is 0. The van der Waals surface area contributed by atoms with Crippen LogP contribution in [0.25, 0.3) is 10.2 Å². The molecule has 1 aromatic heterocycles. The monoisotopic (exact) mass is 299 g/mol. The van der Waals surface area contributed by atoms with Gasteiger partial charge in [0, 0.05) is 0 Å². The van der Waals surface area contributed by atoms with Crippen LogP contribution < -0.4 is 9.61 Å². The number of esters is 1. The number of para-hydroxylation sites is 1. The minimum absolute atomic E-state index is 0.0866. The lowest BCUT2D eigenvalue weighted by Crippen LogP contribution is -2.22. The van der Waals surface area contributed by atoms with Crippen molar-refractivity contribution in [2.45, 2.75) is 13.5 Å². The van der Waals surface area contributed by atoms with Crippen LogP contribution in [-0.4, -0.2) is 10.5 Å². The number of fused-ring (bicyclic) bond motifs is 1. The molecule has 0 spiro atoms. The van der Waals surface area contributed by atoms with E-state index in [0.29, 0.717) is 5.75 Å². The summed E-state index contributed by atoms with van der Waals surface area (Å²) < 4.78 is 7.56. The van der Waals surface area contributed by atoms with Crippen molar-refractivity contribution in [3.8, 4) is 5.75 Å². The van der Waals surface area contributed by atoms with Gasteiger partial charge in [-0.2, -0.15) is 0 Å². The van der Waals surface area contributed by atoms with Crippen LogP contribution in [-0.2, 0) is 11.3 Å². The average Bonchev–Trinajstić information content (AvgIpc) is 2.78. The third-order valence-electron chi connectivity index (χ3n) is 3.11. The molecular formula is C16H13NO3S. The summed E-state index contributed by atoms with van der Waals surface area (Å²) in [7, 11) is 0. The van der Waals surface area contributed by atoms with E-state index in [0.717, 1.165) is 27.1 Å². The molecular weight excluding hydrogens is 286 g/mol. The van der Waals surface area contributed by atoms with Crippen LogP contribution >= 0.6 is 11.3 Å². The molecule has 0 saturated heterocycles. The first-order chi connectivity index (χ1) is 10.1. The lowest BCUT2D eigenvalue weighted by atomic mass is 10.2. The molecule has 0 saturated carbocycles. The first-order valence-electron chi connectivity index (χ1n) is 6.49. The number of carbonyl (C=O) groups is 1. The lowest BCUT2D eigenvalue weighted by molar-refractivity contribution is -0.135. The van der Waals surface area contributed by atoms with Gasteiger partial charge in [0.15, 0.2) is 0 Å². The fourth-order valence-corrected chi connectivity index (χ4v) is 2.95. The van der Waals surface area contributed by atoms with Gasteiger partial charge >= 0.3 is 10.8 Å². The maximum absolute atomic E-state index is 12.0. The summed E-state index contributed by atoms with van der Waals surface area (Å²) in [6.45, 7) is 1.87. The summed E-state index contributed by atoms with van der Waals surface area (Å²) in [4.78, 5) is 23.8. The van der Waals surface area contributed by atoms with E-state index in [1.165, 1.54) is 4.57 Å². The molecule has 3 rings (SSSR count). The number of ether oxygens (including phenoxy) is 1. The van der Waals surface area contributed by atoms with Gasteiger partial charge in [0.1, 0.15) is 12.3 Å². The molecule has 0 aliphatic carbocycles. The molecule has 0 bridgehead atoms. The van der Waals surface area contributed by atoms with E-state index in [1.807, 2.05) is 43.3 Å². The molecule has 0 aliphatic heterocycles. The molecule has 0 unspecified atom stereocenters. The summed E-state index contributed by atoms with van der Waals surface area (Å²) in [5, 5.41) is 0. The maximum atomic E-state index is 12.0. The first-order valence-corrected chi connectivity index (χ1v) is 7.31. The predicted molar refractivity (Wildman–Crippen MR) is 82.9 cm³/mol. The highest BCUT2D eigenvalue weighted by Gasteiger charge is 2.12. The fourth-order valence-electron chi connectivity index (χ4n) is 2.06. The third-order valence-corrected chi connectivity index (χ3v) is 4.07. The summed E-state index contributed by atoms with van der Waals surface area (Å²) in [6, 6.07) is 14.6. The van der Waals surface area contributed by atoms with Gasteiger partial charge in [-0.05, 0) is 31.2 Å². The zero-order chi connectivity index (χ0) is 14.8. The van der Waals surface area contributed by atoms with Gasteiger partial charge in [-0.1, -0.05) is 41.2 Å². The van der Waals surface area contributed by atoms with Gasteiger partial charge in [-0.25, -0.2) is 4.79 Å². The van der Waals surface area contributed by atoms with Crippen LogP contribution in [0.15, 0.2) is 53.3 Å². The van der Waals surface area contributed by atoms with Crippen LogP contribution in [0.1, 0.15) is 5.56 Å². The molecule has 0 amide bonds. The number of aryl methyl sites for hydroxylation is 1. The fraction of sp³-hybridized carbons (Fsp3) is 0.125. The molecule has 5 heteroatoms. The van der Waals surface area contributed by atoms with Gasteiger partial charge in [-0.3, -0.25) is 9.36 Å². The molecule has 106 valence electrons. The van der Waals surface area contributed by atoms with Crippen LogP contribution in [0.4, 0.5) is 0 Å². The van der Waals surface area contributed by atoms with Crippen LogP contribution in [0.3, 0.4) is 0 Å². The number of aromatic nitrogens is 1. The molecule has 2 aromatic carbocycles. The van der Waals surface area contributed by atoms with Crippen molar-refractivity contribution in [1.29, 1.82) is 0 Å². The van der Waals surface area contributed by atoms with Crippen molar-refractivity contribution in [2.24, 2.45) is 0 Å². The standard InChI is InChI=1S/C16H13NO3S/c1-11-6-8-12(9-7-11)20-15(18)10-17-13-4-2-3-5-14(13)21-16(17)19/h2-9H,10H2,1H3. The molecule has 0 fully saturated rings. The molecule has 21 heavy (non-hydrogen) atoms. The first kappa shape index (κ1) is 13.6. The predicted octanol–water partition coefficient (Wildman–Crippen LogP) is 2.98. The number of thiazole rings is 1. The third kappa shape index (κ3) is 2.87. The highest BCUT2D eigenvalue weighted by molar-refractivity contribution is 7.16. The number of rotatable bonds is 3. The Hall–Kier alpha value is -2.40. The van der Waals surface area contributed by atoms with Gasteiger partial charge < -0.3 is 4.74 Å². The minimum Gasteiger partial charge on any atom is -0.425 e. The molecule has 4 nitrogen and oxygen atoms in total. The van der Waals surface area contributed by atoms with E-state index in [9.17, 15) is 9.59 Å². The highest BCUT2D eigenvalue weighted by atomic mass is 32.1. The van der Waals surface area contributed by atoms with Crippen molar-refractivity contribution in [1.82, 2.24) is 4.57 Å². The Bertz CT molecular complexity index is 846. The Morgan fingerprint density at radius 2 is 1.86 bits per heavy atom. The van der Waals surface area contributed by atoms with Crippen LogP contribution in [0.5, 0.6) is 5.75 Å². The van der Waals surface area contributed by atoms with Crippen molar-refractivity contribution in [2.75, 3.05) is 0 Å². The average molecular weight is 299 g/mol. The van der Waals surface area contributed by atoms with E-state index >= 15 is 0 Å². The second kappa shape index (κ2) is 5.54. The second-order valence-electron chi connectivity index (χ2n) is 4.71. The van der Waals surface area contributed by atoms with Gasteiger partial charge in [-0.15, -0.1) is 0 Å².